The average Bonchev–Trinajstić information content (AvgIpc) is 2.83. The van der Waals surface area contributed by atoms with Crippen LogP contribution in [-0.4, -0.2) is 49.0 Å². The van der Waals surface area contributed by atoms with Crippen molar-refractivity contribution >= 4 is 0 Å². The molecule has 0 aromatic heterocycles. The third-order valence-corrected chi connectivity index (χ3v) is 4.75. The van der Waals surface area contributed by atoms with Crippen LogP contribution < -0.4 is 0 Å². The number of rotatable bonds is 2. The monoisotopic (exact) mass is 225 g/mol. The van der Waals surface area contributed by atoms with E-state index in [0.29, 0.717) is 5.92 Å². The standard InChI is InChI=1S/C13H23NO2/c15-13-2-1-11-8-14(9-12(11)13)7-10-3-5-16-6-4-10/h10-13,15H,1-9H2. The van der Waals surface area contributed by atoms with Crippen LogP contribution in [0.3, 0.4) is 0 Å². The molecule has 3 atom stereocenters. The molecule has 2 heterocycles. The Morgan fingerprint density at radius 1 is 1.06 bits per heavy atom. The zero-order chi connectivity index (χ0) is 11.0. The first-order valence-electron chi connectivity index (χ1n) is 6.81. The highest BCUT2D eigenvalue weighted by atomic mass is 16.5. The summed E-state index contributed by atoms with van der Waals surface area (Å²) in [5.41, 5.74) is 0. The van der Waals surface area contributed by atoms with Gasteiger partial charge in [0.25, 0.3) is 0 Å². The predicted octanol–water partition coefficient (Wildman–Crippen LogP) is 1.12. The van der Waals surface area contributed by atoms with Gasteiger partial charge in [-0.25, -0.2) is 0 Å². The highest BCUT2D eigenvalue weighted by molar-refractivity contribution is 4.94. The van der Waals surface area contributed by atoms with Crippen LogP contribution in [0, 0.1) is 17.8 Å². The van der Waals surface area contributed by atoms with Crippen LogP contribution in [0.25, 0.3) is 0 Å². The molecule has 3 nitrogen and oxygen atoms in total. The lowest BCUT2D eigenvalue weighted by molar-refractivity contribution is 0.0528. The van der Waals surface area contributed by atoms with Crippen LogP contribution >= 0.6 is 0 Å². The summed E-state index contributed by atoms with van der Waals surface area (Å²) in [7, 11) is 0. The molecule has 1 N–H and O–H groups in total. The Morgan fingerprint density at radius 2 is 1.88 bits per heavy atom. The van der Waals surface area contributed by atoms with Gasteiger partial charge in [-0.3, -0.25) is 0 Å². The first-order chi connectivity index (χ1) is 7.83. The van der Waals surface area contributed by atoms with E-state index in [1.807, 2.05) is 0 Å². The van der Waals surface area contributed by atoms with Crippen molar-refractivity contribution in [2.24, 2.45) is 17.8 Å². The largest absolute Gasteiger partial charge is 0.393 e. The molecule has 2 saturated heterocycles. The van der Waals surface area contributed by atoms with Crippen molar-refractivity contribution < 1.29 is 9.84 Å². The van der Waals surface area contributed by atoms with Crippen LogP contribution in [-0.2, 0) is 4.74 Å². The number of aliphatic hydroxyl groups excluding tert-OH is 1. The number of hydrogen-bond donors (Lipinski definition) is 1. The van der Waals surface area contributed by atoms with E-state index in [-0.39, 0.29) is 6.10 Å². The molecule has 0 bridgehead atoms. The van der Waals surface area contributed by atoms with E-state index in [1.54, 1.807) is 0 Å². The molecular formula is C13H23NO2. The minimum atomic E-state index is -0.00955. The summed E-state index contributed by atoms with van der Waals surface area (Å²) >= 11 is 0. The normalized spacial score (nSPS) is 41.4. The molecule has 3 aliphatic rings. The molecular weight excluding hydrogens is 202 g/mol. The van der Waals surface area contributed by atoms with E-state index in [2.05, 4.69) is 4.90 Å². The van der Waals surface area contributed by atoms with E-state index >= 15 is 0 Å². The number of likely N-dealkylation sites (tertiary alicyclic amines) is 1. The Labute approximate surface area is 97.8 Å². The Balaban J connectivity index is 1.50. The van der Waals surface area contributed by atoms with Crippen LogP contribution in [0.15, 0.2) is 0 Å². The van der Waals surface area contributed by atoms with E-state index in [4.69, 9.17) is 4.74 Å². The van der Waals surface area contributed by atoms with Gasteiger partial charge in [-0.15, -0.1) is 0 Å². The highest BCUT2D eigenvalue weighted by Crippen LogP contribution is 2.38. The van der Waals surface area contributed by atoms with Gasteiger partial charge in [-0.05, 0) is 37.5 Å². The number of ether oxygens (including phenoxy) is 1. The third kappa shape index (κ3) is 2.13. The molecule has 92 valence electrons. The van der Waals surface area contributed by atoms with E-state index in [9.17, 15) is 5.11 Å². The van der Waals surface area contributed by atoms with E-state index in [0.717, 1.165) is 38.0 Å². The number of fused-ring (bicyclic) bond motifs is 1. The Kier molecular flexibility index (Phi) is 3.18. The lowest BCUT2D eigenvalue weighted by Crippen LogP contribution is -2.32. The fourth-order valence-electron chi connectivity index (χ4n) is 3.77. The number of aliphatic hydroxyl groups is 1. The molecule has 3 unspecified atom stereocenters. The second kappa shape index (κ2) is 4.63. The van der Waals surface area contributed by atoms with E-state index in [1.165, 1.54) is 32.4 Å². The lowest BCUT2D eigenvalue weighted by atomic mass is 9.99. The van der Waals surface area contributed by atoms with Gasteiger partial charge in [0.2, 0.25) is 0 Å². The summed E-state index contributed by atoms with van der Waals surface area (Å²) in [5.74, 6) is 2.21. The van der Waals surface area contributed by atoms with Crippen LogP contribution in [0.4, 0.5) is 0 Å². The Morgan fingerprint density at radius 3 is 2.62 bits per heavy atom. The van der Waals surface area contributed by atoms with Crippen LogP contribution in [0.5, 0.6) is 0 Å². The van der Waals surface area contributed by atoms with Crippen LogP contribution in [0.1, 0.15) is 25.7 Å². The fourth-order valence-corrected chi connectivity index (χ4v) is 3.77. The van der Waals surface area contributed by atoms with Crippen molar-refractivity contribution in [3.05, 3.63) is 0 Å². The van der Waals surface area contributed by atoms with Gasteiger partial charge in [0.15, 0.2) is 0 Å². The predicted molar refractivity (Wildman–Crippen MR) is 62.2 cm³/mol. The maximum Gasteiger partial charge on any atom is 0.0583 e. The molecule has 0 amide bonds. The molecule has 16 heavy (non-hydrogen) atoms. The zero-order valence-corrected chi connectivity index (χ0v) is 9.98. The van der Waals surface area contributed by atoms with Crippen molar-refractivity contribution in [2.45, 2.75) is 31.8 Å². The summed E-state index contributed by atoms with van der Waals surface area (Å²) in [6.07, 6.45) is 4.74. The molecule has 2 aliphatic heterocycles. The van der Waals surface area contributed by atoms with E-state index < -0.39 is 0 Å². The SMILES string of the molecule is OC1CCC2CN(CC3CCOCC3)CC12. The quantitative estimate of drug-likeness (QED) is 0.764. The van der Waals surface area contributed by atoms with Crippen molar-refractivity contribution in [2.75, 3.05) is 32.8 Å². The van der Waals surface area contributed by atoms with Gasteiger partial charge >= 0.3 is 0 Å². The number of hydrogen-bond acceptors (Lipinski definition) is 3. The van der Waals surface area contributed by atoms with Crippen molar-refractivity contribution in [3.8, 4) is 0 Å². The summed E-state index contributed by atoms with van der Waals surface area (Å²) in [5, 5.41) is 9.88. The molecule has 0 radical (unpaired) electrons. The topological polar surface area (TPSA) is 32.7 Å². The fraction of sp³-hybridized carbons (Fsp3) is 1.00. The molecule has 3 rings (SSSR count). The number of nitrogens with zero attached hydrogens (tertiary/aromatic N) is 1. The Bertz CT molecular complexity index is 240. The molecule has 0 spiro atoms. The van der Waals surface area contributed by atoms with Gasteiger partial charge in [-0.2, -0.15) is 0 Å². The van der Waals surface area contributed by atoms with Gasteiger partial charge in [0, 0.05) is 38.8 Å². The first kappa shape index (κ1) is 11.0. The van der Waals surface area contributed by atoms with Gasteiger partial charge in [0.05, 0.1) is 6.10 Å². The minimum Gasteiger partial charge on any atom is -0.393 e. The average molecular weight is 225 g/mol. The molecule has 3 fully saturated rings. The second-order valence-electron chi connectivity index (χ2n) is 5.84. The zero-order valence-electron chi connectivity index (χ0n) is 9.98. The highest BCUT2D eigenvalue weighted by Gasteiger charge is 2.41. The van der Waals surface area contributed by atoms with Crippen molar-refractivity contribution in [1.82, 2.24) is 4.90 Å². The van der Waals surface area contributed by atoms with Gasteiger partial charge in [0.1, 0.15) is 0 Å². The molecule has 1 saturated carbocycles. The first-order valence-corrected chi connectivity index (χ1v) is 6.81. The van der Waals surface area contributed by atoms with Gasteiger partial charge < -0.3 is 14.7 Å². The Hall–Kier alpha value is -0.120. The maximum absolute atomic E-state index is 9.88. The maximum atomic E-state index is 9.88. The smallest absolute Gasteiger partial charge is 0.0583 e. The molecule has 1 aliphatic carbocycles. The summed E-state index contributed by atoms with van der Waals surface area (Å²) in [6, 6.07) is 0. The molecule has 0 aromatic carbocycles. The third-order valence-electron chi connectivity index (χ3n) is 4.75. The minimum absolute atomic E-state index is 0.00955. The lowest BCUT2D eigenvalue weighted by Gasteiger charge is -2.27. The van der Waals surface area contributed by atoms with Gasteiger partial charge in [-0.1, -0.05) is 0 Å². The molecule has 0 aromatic rings. The summed E-state index contributed by atoms with van der Waals surface area (Å²) in [4.78, 5) is 2.59. The van der Waals surface area contributed by atoms with Crippen molar-refractivity contribution in [3.63, 3.8) is 0 Å². The van der Waals surface area contributed by atoms with Crippen LogP contribution in [0.2, 0.25) is 0 Å². The molecule has 3 heteroatoms. The summed E-state index contributed by atoms with van der Waals surface area (Å²) < 4.78 is 5.40. The second-order valence-corrected chi connectivity index (χ2v) is 5.84. The van der Waals surface area contributed by atoms with Crippen molar-refractivity contribution in [1.29, 1.82) is 0 Å². The summed E-state index contributed by atoms with van der Waals surface area (Å²) in [6.45, 7) is 5.52.